The Hall–Kier alpha value is -3.30. The van der Waals surface area contributed by atoms with Gasteiger partial charge in [0.2, 0.25) is 5.91 Å². The molecule has 0 radical (unpaired) electrons. The average molecular weight is 474 g/mol. The number of carbonyl (C=O) groups is 4. The van der Waals surface area contributed by atoms with Crippen LogP contribution in [0.25, 0.3) is 0 Å². The van der Waals surface area contributed by atoms with Crippen molar-refractivity contribution in [1.29, 1.82) is 0 Å². The molecule has 0 unspecified atom stereocenters. The van der Waals surface area contributed by atoms with Crippen LogP contribution in [-0.2, 0) is 14.3 Å². The predicted molar refractivity (Wildman–Crippen MR) is 121 cm³/mol. The van der Waals surface area contributed by atoms with Gasteiger partial charge >= 0.3 is 6.09 Å². The van der Waals surface area contributed by atoms with Gasteiger partial charge in [0.15, 0.2) is 12.4 Å². The summed E-state index contributed by atoms with van der Waals surface area (Å²) >= 11 is 0. The third-order valence-corrected chi connectivity index (χ3v) is 6.70. The summed E-state index contributed by atoms with van der Waals surface area (Å²) in [6, 6.07) is 5.01. The van der Waals surface area contributed by atoms with Gasteiger partial charge in [-0.25, -0.2) is 4.79 Å². The fraction of sp³-hybridized carbons (Fsp3) is 0.583. The first-order valence-electron chi connectivity index (χ1n) is 11.7. The quantitative estimate of drug-likeness (QED) is 0.655. The van der Waals surface area contributed by atoms with Crippen LogP contribution in [0.4, 0.5) is 4.79 Å². The van der Waals surface area contributed by atoms with Crippen LogP contribution in [-0.4, -0.2) is 96.5 Å². The Morgan fingerprint density at radius 2 is 1.68 bits per heavy atom. The summed E-state index contributed by atoms with van der Waals surface area (Å²) < 4.78 is 17.0. The molecule has 3 heterocycles. The van der Waals surface area contributed by atoms with Gasteiger partial charge in [-0.2, -0.15) is 0 Å². The van der Waals surface area contributed by atoms with Crippen molar-refractivity contribution in [3.05, 3.63) is 23.8 Å². The van der Waals surface area contributed by atoms with Crippen molar-refractivity contribution in [2.45, 2.75) is 38.7 Å². The molecule has 0 atom stereocenters. The van der Waals surface area contributed by atoms with Gasteiger partial charge in [-0.15, -0.1) is 0 Å². The van der Waals surface area contributed by atoms with Crippen LogP contribution in [0, 0.1) is 0 Å². The number of rotatable bonds is 4. The van der Waals surface area contributed by atoms with Crippen LogP contribution in [0.15, 0.2) is 18.2 Å². The Morgan fingerprint density at radius 3 is 2.32 bits per heavy atom. The van der Waals surface area contributed by atoms with Crippen molar-refractivity contribution >= 4 is 23.7 Å². The lowest BCUT2D eigenvalue weighted by Crippen LogP contribution is -2.52. The third-order valence-electron chi connectivity index (χ3n) is 6.70. The highest BCUT2D eigenvalue weighted by Crippen LogP contribution is 2.40. The number of hydrogen-bond acceptors (Lipinski definition) is 7. The molecule has 0 N–H and O–H groups in total. The lowest BCUT2D eigenvalue weighted by molar-refractivity contribution is -0.135. The topological polar surface area (TPSA) is 106 Å². The van der Waals surface area contributed by atoms with Gasteiger partial charge in [-0.1, -0.05) is 0 Å². The summed E-state index contributed by atoms with van der Waals surface area (Å²) in [5, 5.41) is 0. The van der Waals surface area contributed by atoms with Gasteiger partial charge in [-0.05, 0) is 19.1 Å². The molecule has 10 heteroatoms. The van der Waals surface area contributed by atoms with Crippen LogP contribution in [0.5, 0.6) is 11.5 Å². The van der Waals surface area contributed by atoms with Crippen LogP contribution >= 0.6 is 0 Å². The summed E-state index contributed by atoms with van der Waals surface area (Å²) in [4.78, 5) is 53.8. The van der Waals surface area contributed by atoms with Crippen molar-refractivity contribution in [2.24, 2.45) is 0 Å². The first-order valence-corrected chi connectivity index (χ1v) is 11.7. The Bertz CT molecular complexity index is 963. The van der Waals surface area contributed by atoms with Gasteiger partial charge in [0.1, 0.15) is 17.1 Å². The Kier molecular flexibility index (Phi) is 6.95. The normalized spacial score (nSPS) is 19.4. The molecule has 0 aromatic heterocycles. The number of ketones is 1. The molecule has 0 bridgehead atoms. The fourth-order valence-corrected chi connectivity index (χ4v) is 4.66. The molecule has 4 rings (SSSR count). The van der Waals surface area contributed by atoms with E-state index in [1.54, 1.807) is 46.7 Å². The number of likely N-dealkylation sites (tertiary alicyclic amines) is 1. The van der Waals surface area contributed by atoms with E-state index in [0.29, 0.717) is 82.2 Å². The largest absolute Gasteiger partial charge is 0.486 e. The van der Waals surface area contributed by atoms with E-state index in [9.17, 15) is 19.2 Å². The number of hydrogen-bond donors (Lipinski definition) is 0. The zero-order valence-corrected chi connectivity index (χ0v) is 19.7. The number of Topliss-reactive ketones (excluding diaryl/α,β-unsaturated/α-hetero) is 1. The number of piperidine rings is 1. The summed E-state index contributed by atoms with van der Waals surface area (Å²) in [5.41, 5.74) is -0.100. The number of nitrogens with zero attached hydrogens (tertiary/aromatic N) is 3. The van der Waals surface area contributed by atoms with Gasteiger partial charge < -0.3 is 28.9 Å². The molecule has 3 aliphatic rings. The van der Waals surface area contributed by atoms with Gasteiger partial charge in [0.05, 0.1) is 18.6 Å². The first kappa shape index (κ1) is 23.8. The number of piperazine rings is 1. The van der Waals surface area contributed by atoms with Crippen molar-refractivity contribution in [2.75, 3.05) is 52.5 Å². The lowest BCUT2D eigenvalue weighted by atomic mass is 9.82. The van der Waals surface area contributed by atoms with Crippen LogP contribution < -0.4 is 9.47 Å². The molecule has 0 aliphatic carbocycles. The summed E-state index contributed by atoms with van der Waals surface area (Å²) in [7, 11) is 0. The molecule has 34 heavy (non-hydrogen) atoms. The molecule has 1 spiro atoms. The molecular weight excluding hydrogens is 442 g/mol. The maximum absolute atomic E-state index is 12.8. The molecule has 1 aromatic rings. The van der Waals surface area contributed by atoms with Crippen molar-refractivity contribution in [3.63, 3.8) is 0 Å². The monoisotopic (exact) mass is 473 g/mol. The van der Waals surface area contributed by atoms with Crippen molar-refractivity contribution in [3.8, 4) is 11.5 Å². The van der Waals surface area contributed by atoms with Crippen molar-refractivity contribution in [1.82, 2.24) is 14.7 Å². The highest BCUT2D eigenvalue weighted by molar-refractivity contribution is 6.00. The lowest BCUT2D eigenvalue weighted by Gasteiger charge is -2.43. The van der Waals surface area contributed by atoms with Crippen LogP contribution in [0.2, 0.25) is 0 Å². The van der Waals surface area contributed by atoms with E-state index in [4.69, 9.17) is 14.2 Å². The summed E-state index contributed by atoms with van der Waals surface area (Å²) in [6.45, 7) is 6.28. The standard InChI is InChI=1S/C24H31N3O7/c1-3-32-23(31)27-12-10-26(11-13-27)22(30)16-33-18-4-5-19-20(29)15-24(34-21(19)14-18)6-8-25(9-7-24)17(2)28/h4-5,14H,3,6-13,15-16H2,1-2H3. The number of benzene rings is 1. The fourth-order valence-electron chi connectivity index (χ4n) is 4.66. The van der Waals surface area contributed by atoms with Gasteiger partial charge in [0.25, 0.3) is 5.91 Å². The molecule has 3 amide bonds. The van der Waals surface area contributed by atoms with E-state index in [0.717, 1.165) is 0 Å². The van der Waals surface area contributed by atoms with E-state index in [2.05, 4.69) is 0 Å². The van der Waals surface area contributed by atoms with E-state index >= 15 is 0 Å². The molecule has 2 fully saturated rings. The van der Waals surface area contributed by atoms with Gasteiger partial charge in [0, 0.05) is 65.1 Å². The Balaban J connectivity index is 1.33. The Labute approximate surface area is 198 Å². The third kappa shape index (κ3) is 5.10. The average Bonchev–Trinajstić information content (AvgIpc) is 2.82. The first-order chi connectivity index (χ1) is 16.3. The van der Waals surface area contributed by atoms with E-state index in [1.807, 2.05) is 0 Å². The van der Waals surface area contributed by atoms with Gasteiger partial charge in [-0.3, -0.25) is 14.4 Å². The van der Waals surface area contributed by atoms with E-state index in [-0.39, 0.29) is 30.3 Å². The SMILES string of the molecule is CCOC(=O)N1CCN(C(=O)COc2ccc3c(c2)OC2(CCN(C(C)=O)CC2)CC3=O)CC1. The zero-order valence-electron chi connectivity index (χ0n) is 19.7. The number of amides is 3. The molecule has 2 saturated heterocycles. The molecular formula is C24H31N3O7. The van der Waals surface area contributed by atoms with Crippen LogP contribution in [0.3, 0.4) is 0 Å². The number of ether oxygens (including phenoxy) is 3. The maximum atomic E-state index is 12.8. The summed E-state index contributed by atoms with van der Waals surface area (Å²) in [6.07, 6.45) is 1.12. The molecule has 0 saturated carbocycles. The summed E-state index contributed by atoms with van der Waals surface area (Å²) in [5.74, 6) is 0.773. The van der Waals surface area contributed by atoms with E-state index in [1.165, 1.54) is 0 Å². The molecule has 10 nitrogen and oxygen atoms in total. The highest BCUT2D eigenvalue weighted by atomic mass is 16.6. The predicted octanol–water partition coefficient (Wildman–Crippen LogP) is 1.71. The second-order valence-corrected chi connectivity index (χ2v) is 8.90. The van der Waals surface area contributed by atoms with Crippen LogP contribution in [0.1, 0.15) is 43.5 Å². The maximum Gasteiger partial charge on any atom is 0.409 e. The number of carbonyl (C=O) groups excluding carboxylic acids is 4. The minimum absolute atomic E-state index is 0.0135. The number of fused-ring (bicyclic) bond motifs is 1. The Morgan fingerprint density at radius 1 is 1.00 bits per heavy atom. The highest BCUT2D eigenvalue weighted by Gasteiger charge is 2.43. The molecule has 184 valence electrons. The van der Waals surface area contributed by atoms with Crippen molar-refractivity contribution < 1.29 is 33.4 Å². The smallest absolute Gasteiger partial charge is 0.409 e. The zero-order chi connectivity index (χ0) is 24.3. The van der Waals surface area contributed by atoms with E-state index < -0.39 is 5.60 Å². The second kappa shape index (κ2) is 9.90. The second-order valence-electron chi connectivity index (χ2n) is 8.90. The minimum atomic E-state index is -0.608. The minimum Gasteiger partial charge on any atom is -0.486 e. The molecule has 3 aliphatic heterocycles. The molecule has 1 aromatic carbocycles.